The third-order valence-electron chi connectivity index (χ3n) is 4.06. The Morgan fingerprint density at radius 1 is 1.14 bits per heavy atom. The van der Waals surface area contributed by atoms with Crippen LogP contribution in [0.25, 0.3) is 6.08 Å². The molecule has 0 bridgehead atoms. The summed E-state index contributed by atoms with van der Waals surface area (Å²) < 4.78 is 5.12. The number of benzene rings is 2. The lowest BCUT2D eigenvalue weighted by molar-refractivity contribution is -0.138. The minimum atomic E-state index is -0.575. The fourth-order valence-electron chi connectivity index (χ4n) is 2.63. The van der Waals surface area contributed by atoms with E-state index >= 15 is 0 Å². The van der Waals surface area contributed by atoms with Crippen LogP contribution < -0.4 is 4.90 Å². The molecule has 0 unspecified atom stereocenters. The SMILES string of the molecule is CCOC(=O)C1=C(O)C(=Cc2ccc(N(C)C)cc2)SC1=Nc1ccccc1. The lowest BCUT2D eigenvalue weighted by Crippen LogP contribution is -2.12. The quantitative estimate of drug-likeness (QED) is 0.728. The first kappa shape index (κ1) is 19.8. The number of carbonyl (C=O) groups excluding carboxylic acids is 1. The highest BCUT2D eigenvalue weighted by Crippen LogP contribution is 2.40. The van der Waals surface area contributed by atoms with E-state index in [9.17, 15) is 9.90 Å². The zero-order valence-corrected chi connectivity index (χ0v) is 16.9. The standard InChI is InChI=1S/C22H22N2O3S/c1-4-27-22(26)19-20(25)18(14-15-10-12-17(13-11-15)24(2)3)28-21(19)23-16-8-6-5-7-9-16/h5-14,25H,4H2,1-3H3. The zero-order valence-electron chi connectivity index (χ0n) is 16.0. The average Bonchev–Trinajstić information content (AvgIpc) is 2.98. The van der Waals surface area contributed by atoms with Crippen LogP contribution in [0.2, 0.25) is 0 Å². The van der Waals surface area contributed by atoms with Gasteiger partial charge in [-0.2, -0.15) is 0 Å². The van der Waals surface area contributed by atoms with Gasteiger partial charge in [-0.3, -0.25) is 0 Å². The minimum absolute atomic E-state index is 0.102. The van der Waals surface area contributed by atoms with E-state index in [1.165, 1.54) is 11.8 Å². The monoisotopic (exact) mass is 394 g/mol. The first-order chi connectivity index (χ1) is 13.5. The predicted molar refractivity (Wildman–Crippen MR) is 116 cm³/mol. The number of ether oxygens (including phenoxy) is 1. The molecule has 144 valence electrons. The Hall–Kier alpha value is -2.99. The Balaban J connectivity index is 1.98. The molecule has 1 N–H and O–H groups in total. The molecular weight excluding hydrogens is 372 g/mol. The van der Waals surface area contributed by atoms with Gasteiger partial charge < -0.3 is 14.7 Å². The van der Waals surface area contributed by atoms with Gasteiger partial charge in [-0.15, -0.1) is 0 Å². The number of esters is 1. The summed E-state index contributed by atoms with van der Waals surface area (Å²) in [6.45, 7) is 1.96. The van der Waals surface area contributed by atoms with E-state index in [0.29, 0.717) is 15.6 Å². The van der Waals surface area contributed by atoms with Crippen molar-refractivity contribution in [3.05, 3.63) is 76.4 Å². The molecule has 6 heteroatoms. The molecule has 5 nitrogen and oxygen atoms in total. The number of aliphatic imine (C=N–C) groups is 1. The second kappa shape index (κ2) is 8.80. The summed E-state index contributed by atoms with van der Waals surface area (Å²) in [4.78, 5) is 19.5. The second-order valence-corrected chi connectivity index (χ2v) is 7.32. The van der Waals surface area contributed by atoms with Crippen molar-refractivity contribution < 1.29 is 14.6 Å². The number of carbonyl (C=O) groups is 1. The van der Waals surface area contributed by atoms with E-state index in [0.717, 1.165) is 11.3 Å². The van der Waals surface area contributed by atoms with Gasteiger partial charge in [-0.05, 0) is 42.8 Å². The summed E-state index contributed by atoms with van der Waals surface area (Å²) >= 11 is 1.26. The van der Waals surface area contributed by atoms with Crippen molar-refractivity contribution in [2.24, 2.45) is 4.99 Å². The molecule has 0 radical (unpaired) electrons. The van der Waals surface area contributed by atoms with Crippen molar-refractivity contribution in [2.45, 2.75) is 6.92 Å². The van der Waals surface area contributed by atoms with Crippen LogP contribution in [-0.4, -0.2) is 36.8 Å². The van der Waals surface area contributed by atoms with Gasteiger partial charge in [0, 0.05) is 19.8 Å². The summed E-state index contributed by atoms with van der Waals surface area (Å²) in [5.41, 5.74) is 2.81. The average molecular weight is 394 g/mol. The molecule has 3 rings (SSSR count). The summed E-state index contributed by atoms with van der Waals surface area (Å²) in [6, 6.07) is 17.2. The van der Waals surface area contributed by atoms with Gasteiger partial charge in [0.2, 0.25) is 0 Å². The molecule has 2 aromatic carbocycles. The highest BCUT2D eigenvalue weighted by molar-refractivity contribution is 8.18. The number of nitrogens with zero attached hydrogens (tertiary/aromatic N) is 2. The predicted octanol–water partition coefficient (Wildman–Crippen LogP) is 4.95. The van der Waals surface area contributed by atoms with Crippen LogP contribution in [-0.2, 0) is 9.53 Å². The van der Waals surface area contributed by atoms with Crippen molar-refractivity contribution in [1.29, 1.82) is 0 Å². The summed E-state index contributed by atoms with van der Waals surface area (Å²) in [6.07, 6.45) is 1.84. The van der Waals surface area contributed by atoms with E-state index in [-0.39, 0.29) is 17.9 Å². The fourth-order valence-corrected chi connectivity index (χ4v) is 3.67. The molecular formula is C22H22N2O3S. The van der Waals surface area contributed by atoms with Gasteiger partial charge in [-0.25, -0.2) is 9.79 Å². The highest BCUT2D eigenvalue weighted by Gasteiger charge is 2.33. The third kappa shape index (κ3) is 4.46. The van der Waals surface area contributed by atoms with Crippen LogP contribution in [0.4, 0.5) is 11.4 Å². The Labute approximate surface area is 169 Å². The molecule has 1 heterocycles. The number of thioether (sulfide) groups is 1. The Kier molecular flexibility index (Phi) is 6.21. The first-order valence-electron chi connectivity index (χ1n) is 8.91. The molecule has 1 aliphatic rings. The number of hydrogen-bond acceptors (Lipinski definition) is 6. The summed E-state index contributed by atoms with van der Waals surface area (Å²) in [5.74, 6) is -0.677. The molecule has 0 fully saturated rings. The topological polar surface area (TPSA) is 62.1 Å². The van der Waals surface area contributed by atoms with Crippen molar-refractivity contribution in [3.8, 4) is 0 Å². The molecule has 0 spiro atoms. The van der Waals surface area contributed by atoms with Crippen LogP contribution in [0.15, 0.2) is 75.8 Å². The summed E-state index contributed by atoms with van der Waals surface area (Å²) in [7, 11) is 3.96. The van der Waals surface area contributed by atoms with Crippen LogP contribution in [0, 0.1) is 0 Å². The molecule has 28 heavy (non-hydrogen) atoms. The van der Waals surface area contributed by atoms with Crippen molar-refractivity contribution in [2.75, 3.05) is 25.6 Å². The van der Waals surface area contributed by atoms with Crippen LogP contribution >= 0.6 is 11.8 Å². The van der Waals surface area contributed by atoms with Crippen LogP contribution in [0.1, 0.15) is 12.5 Å². The van der Waals surface area contributed by atoms with Gasteiger partial charge in [0.15, 0.2) is 0 Å². The van der Waals surface area contributed by atoms with Crippen molar-refractivity contribution in [1.82, 2.24) is 0 Å². The van der Waals surface area contributed by atoms with E-state index in [1.54, 1.807) is 6.92 Å². The maximum absolute atomic E-state index is 12.4. The smallest absolute Gasteiger partial charge is 0.344 e. The maximum atomic E-state index is 12.4. The molecule has 0 aromatic heterocycles. The second-order valence-electron chi connectivity index (χ2n) is 6.29. The molecule has 0 atom stereocenters. The summed E-state index contributed by atoms with van der Waals surface area (Å²) in [5, 5.41) is 11.1. The molecule has 0 aliphatic carbocycles. The fraction of sp³-hybridized carbons (Fsp3) is 0.182. The van der Waals surface area contributed by atoms with Crippen LogP contribution in [0.5, 0.6) is 0 Å². The number of para-hydroxylation sites is 1. The highest BCUT2D eigenvalue weighted by atomic mass is 32.2. The molecule has 0 saturated heterocycles. The number of aliphatic hydroxyl groups is 1. The normalized spacial score (nSPS) is 16.7. The van der Waals surface area contributed by atoms with Gasteiger partial charge in [0.05, 0.1) is 17.2 Å². The molecule has 1 aliphatic heterocycles. The number of rotatable bonds is 5. The van der Waals surface area contributed by atoms with E-state index < -0.39 is 5.97 Å². The van der Waals surface area contributed by atoms with Gasteiger partial charge in [0.1, 0.15) is 16.4 Å². The van der Waals surface area contributed by atoms with E-state index in [4.69, 9.17) is 4.74 Å². The zero-order chi connectivity index (χ0) is 20.1. The van der Waals surface area contributed by atoms with E-state index in [2.05, 4.69) is 4.99 Å². The number of aliphatic hydroxyl groups excluding tert-OH is 1. The Morgan fingerprint density at radius 2 is 1.82 bits per heavy atom. The molecule has 0 saturated carbocycles. The third-order valence-corrected chi connectivity index (χ3v) is 5.08. The van der Waals surface area contributed by atoms with Crippen molar-refractivity contribution in [3.63, 3.8) is 0 Å². The van der Waals surface area contributed by atoms with E-state index in [1.807, 2.05) is 79.7 Å². The van der Waals surface area contributed by atoms with Crippen LogP contribution in [0.3, 0.4) is 0 Å². The van der Waals surface area contributed by atoms with Crippen molar-refractivity contribution >= 4 is 40.2 Å². The molecule has 2 aromatic rings. The largest absolute Gasteiger partial charge is 0.506 e. The Morgan fingerprint density at radius 3 is 2.43 bits per heavy atom. The minimum Gasteiger partial charge on any atom is -0.506 e. The van der Waals surface area contributed by atoms with Gasteiger partial charge >= 0.3 is 5.97 Å². The lowest BCUT2D eigenvalue weighted by Gasteiger charge is -2.11. The maximum Gasteiger partial charge on any atom is 0.344 e. The van der Waals surface area contributed by atoms with Gasteiger partial charge in [-0.1, -0.05) is 42.1 Å². The van der Waals surface area contributed by atoms with Gasteiger partial charge in [0.25, 0.3) is 0 Å². The first-order valence-corrected chi connectivity index (χ1v) is 9.73. The number of hydrogen-bond donors (Lipinski definition) is 1. The Bertz CT molecular complexity index is 946. The number of anilines is 1. The molecule has 0 amide bonds. The lowest BCUT2D eigenvalue weighted by atomic mass is 10.1.